The number of carbonyl (C=O) groups excluding carboxylic acids is 1. The lowest BCUT2D eigenvalue weighted by Gasteiger charge is -2.43. The number of piperidine rings is 1. The number of H-pyrrole nitrogens is 1. The average molecular weight is 438 g/mol. The van der Waals surface area contributed by atoms with Crippen LogP contribution in [0.2, 0.25) is 0 Å². The van der Waals surface area contributed by atoms with Crippen molar-refractivity contribution in [2.45, 2.75) is 44.7 Å². The summed E-state index contributed by atoms with van der Waals surface area (Å²) in [7, 11) is 0. The second kappa shape index (κ2) is 8.41. The first kappa shape index (κ1) is 20.1. The van der Waals surface area contributed by atoms with Gasteiger partial charge in [0.2, 0.25) is 6.79 Å². The van der Waals surface area contributed by atoms with Gasteiger partial charge in [-0.1, -0.05) is 6.07 Å². The highest BCUT2D eigenvalue weighted by atomic mass is 16.7. The van der Waals surface area contributed by atoms with Crippen molar-refractivity contribution in [3.05, 3.63) is 40.7 Å². The van der Waals surface area contributed by atoms with Crippen LogP contribution in [0.4, 0.5) is 0 Å². The first-order valence-corrected chi connectivity index (χ1v) is 11.9. The van der Waals surface area contributed by atoms with E-state index in [1.54, 1.807) is 0 Å². The van der Waals surface area contributed by atoms with Crippen LogP contribution in [0.1, 0.15) is 46.6 Å². The number of nitrogens with one attached hydrogen (secondary N) is 1. The molecule has 8 nitrogen and oxygen atoms in total. The van der Waals surface area contributed by atoms with E-state index in [-0.39, 0.29) is 5.91 Å². The summed E-state index contributed by atoms with van der Waals surface area (Å²) in [6.07, 6.45) is 5.37. The smallest absolute Gasteiger partial charge is 0.274 e. The molecule has 8 heteroatoms. The molecule has 0 saturated carbocycles. The van der Waals surface area contributed by atoms with Crippen LogP contribution in [0.25, 0.3) is 0 Å². The molecular weight excluding hydrogens is 406 g/mol. The molecule has 2 fully saturated rings. The monoisotopic (exact) mass is 437 g/mol. The third kappa shape index (κ3) is 3.75. The molecule has 0 radical (unpaired) electrons. The zero-order chi connectivity index (χ0) is 21.5. The fourth-order valence-electron chi connectivity index (χ4n) is 5.67. The van der Waals surface area contributed by atoms with Crippen LogP contribution in [-0.2, 0) is 19.4 Å². The van der Waals surface area contributed by atoms with E-state index >= 15 is 0 Å². The highest BCUT2D eigenvalue weighted by molar-refractivity contribution is 5.94. The zero-order valence-corrected chi connectivity index (χ0v) is 18.5. The molecular formula is C24H31N5O3. The van der Waals surface area contributed by atoms with Crippen LogP contribution in [-0.4, -0.2) is 82.9 Å². The summed E-state index contributed by atoms with van der Waals surface area (Å²) in [6, 6.07) is 6.70. The first-order valence-electron chi connectivity index (χ1n) is 11.9. The minimum Gasteiger partial charge on any atom is -0.454 e. The number of aryl methyl sites for hydroxylation is 1. The van der Waals surface area contributed by atoms with Gasteiger partial charge in [0.25, 0.3) is 5.91 Å². The van der Waals surface area contributed by atoms with Gasteiger partial charge in [-0.2, -0.15) is 5.10 Å². The molecule has 1 unspecified atom stereocenters. The Morgan fingerprint density at radius 1 is 1.06 bits per heavy atom. The largest absolute Gasteiger partial charge is 0.454 e. The van der Waals surface area contributed by atoms with Crippen molar-refractivity contribution >= 4 is 5.91 Å². The van der Waals surface area contributed by atoms with Gasteiger partial charge in [-0.25, -0.2) is 0 Å². The molecule has 6 rings (SSSR count). The minimum absolute atomic E-state index is 0.121. The second-order valence-electron chi connectivity index (χ2n) is 9.43. The van der Waals surface area contributed by atoms with Gasteiger partial charge in [0, 0.05) is 63.1 Å². The molecule has 2 aromatic rings. The number of nitrogens with zero attached hydrogens (tertiary/aromatic N) is 4. The molecule has 32 heavy (non-hydrogen) atoms. The quantitative estimate of drug-likeness (QED) is 0.789. The van der Waals surface area contributed by atoms with Crippen LogP contribution in [0.5, 0.6) is 11.5 Å². The maximum atomic E-state index is 13.2. The number of hydrogen-bond donors (Lipinski definition) is 1. The van der Waals surface area contributed by atoms with Gasteiger partial charge < -0.3 is 14.4 Å². The molecule has 4 heterocycles. The van der Waals surface area contributed by atoms with Gasteiger partial charge in [0.15, 0.2) is 17.2 Å². The van der Waals surface area contributed by atoms with Crippen molar-refractivity contribution in [1.82, 2.24) is 24.9 Å². The number of aromatic nitrogens is 2. The molecule has 1 atom stereocenters. The van der Waals surface area contributed by atoms with E-state index in [1.807, 2.05) is 11.0 Å². The van der Waals surface area contributed by atoms with Gasteiger partial charge in [0.1, 0.15) is 0 Å². The zero-order valence-electron chi connectivity index (χ0n) is 18.5. The third-order valence-corrected chi connectivity index (χ3v) is 7.46. The number of benzene rings is 1. The average Bonchev–Trinajstić information content (AvgIpc) is 3.56. The van der Waals surface area contributed by atoms with Crippen LogP contribution in [0, 0.1) is 0 Å². The Balaban J connectivity index is 1.04. The number of hydrogen-bond acceptors (Lipinski definition) is 6. The second-order valence-corrected chi connectivity index (χ2v) is 9.43. The number of likely N-dealkylation sites (tertiary alicyclic amines) is 1. The fourth-order valence-corrected chi connectivity index (χ4v) is 5.67. The maximum absolute atomic E-state index is 13.2. The minimum atomic E-state index is 0.121. The van der Waals surface area contributed by atoms with Gasteiger partial charge >= 0.3 is 0 Å². The van der Waals surface area contributed by atoms with E-state index in [4.69, 9.17) is 9.47 Å². The molecule has 1 N–H and O–H groups in total. The Bertz CT molecular complexity index is 998. The van der Waals surface area contributed by atoms with Crippen molar-refractivity contribution in [2.24, 2.45) is 0 Å². The van der Waals surface area contributed by atoms with Gasteiger partial charge in [0.05, 0.1) is 0 Å². The Morgan fingerprint density at radius 3 is 2.84 bits per heavy atom. The normalized spacial score (nSPS) is 23.5. The van der Waals surface area contributed by atoms with Crippen LogP contribution < -0.4 is 9.47 Å². The predicted octanol–water partition coefficient (Wildman–Crippen LogP) is 2.05. The molecule has 0 bridgehead atoms. The van der Waals surface area contributed by atoms with Crippen molar-refractivity contribution < 1.29 is 14.3 Å². The van der Waals surface area contributed by atoms with Gasteiger partial charge in [-0.15, -0.1) is 0 Å². The van der Waals surface area contributed by atoms with Crippen molar-refractivity contribution in [3.8, 4) is 11.5 Å². The summed E-state index contributed by atoms with van der Waals surface area (Å²) in [4.78, 5) is 20.3. The van der Waals surface area contributed by atoms with E-state index in [2.05, 4.69) is 32.1 Å². The van der Waals surface area contributed by atoms with Crippen molar-refractivity contribution in [2.75, 3.05) is 46.1 Å². The molecule has 1 aliphatic carbocycles. The number of amides is 1. The molecule has 0 spiro atoms. The highest BCUT2D eigenvalue weighted by Gasteiger charge is 2.33. The summed E-state index contributed by atoms with van der Waals surface area (Å²) in [5.74, 6) is 1.82. The number of aromatic amines is 1. The standard InChI is InChI=1S/C24H31N5O3/c30-24(23-19-4-1-5-20(19)25-26-23)29-8-2-3-18(15-29)28-11-9-27(10-12-28)14-17-6-7-21-22(13-17)32-16-31-21/h6-7,13,18H,1-5,8-12,14-16H2,(H,25,26). The molecule has 1 aromatic heterocycles. The number of piperazine rings is 1. The highest BCUT2D eigenvalue weighted by Crippen LogP contribution is 2.33. The lowest BCUT2D eigenvalue weighted by atomic mass is 10.0. The van der Waals surface area contributed by atoms with Crippen molar-refractivity contribution in [1.29, 1.82) is 0 Å². The number of rotatable bonds is 4. The van der Waals surface area contributed by atoms with Crippen LogP contribution >= 0.6 is 0 Å². The van der Waals surface area contributed by atoms with Crippen molar-refractivity contribution in [3.63, 3.8) is 0 Å². The fraction of sp³-hybridized carbons (Fsp3) is 0.583. The van der Waals surface area contributed by atoms with E-state index in [1.165, 1.54) is 17.7 Å². The van der Waals surface area contributed by atoms with E-state index < -0.39 is 0 Å². The van der Waals surface area contributed by atoms with E-state index in [0.717, 1.165) is 88.6 Å². The van der Waals surface area contributed by atoms with E-state index in [0.29, 0.717) is 18.5 Å². The third-order valence-electron chi connectivity index (χ3n) is 7.46. The molecule has 170 valence electrons. The van der Waals surface area contributed by atoms with Gasteiger partial charge in [-0.3, -0.25) is 19.7 Å². The number of fused-ring (bicyclic) bond motifs is 2. The summed E-state index contributed by atoms with van der Waals surface area (Å²) >= 11 is 0. The summed E-state index contributed by atoms with van der Waals surface area (Å²) in [5, 5.41) is 7.46. The lowest BCUT2D eigenvalue weighted by molar-refractivity contribution is 0.0403. The summed E-state index contributed by atoms with van der Waals surface area (Å²) in [5.41, 5.74) is 4.27. The molecule has 1 amide bonds. The SMILES string of the molecule is O=C(c1n[nH]c2c1CCC2)N1CCCC(N2CCN(Cc3ccc4c(c3)OCO4)CC2)C1. The molecule has 4 aliphatic rings. The predicted molar refractivity (Wildman–Crippen MR) is 119 cm³/mol. The summed E-state index contributed by atoms with van der Waals surface area (Å²) < 4.78 is 10.9. The molecule has 2 saturated heterocycles. The van der Waals surface area contributed by atoms with Crippen LogP contribution in [0.15, 0.2) is 18.2 Å². The first-order chi connectivity index (χ1) is 15.7. The lowest BCUT2D eigenvalue weighted by Crippen LogP contribution is -2.55. The Labute approximate surface area is 188 Å². The van der Waals surface area contributed by atoms with E-state index in [9.17, 15) is 4.79 Å². The summed E-state index contributed by atoms with van der Waals surface area (Å²) in [6.45, 7) is 7.12. The van der Waals surface area contributed by atoms with Crippen LogP contribution in [0.3, 0.4) is 0 Å². The molecule has 1 aromatic carbocycles. The van der Waals surface area contributed by atoms with Gasteiger partial charge in [-0.05, 0) is 49.8 Å². The Morgan fingerprint density at radius 2 is 1.94 bits per heavy atom. The number of ether oxygens (including phenoxy) is 2. The number of carbonyl (C=O) groups is 1. The Hall–Kier alpha value is -2.58. The topological polar surface area (TPSA) is 73.9 Å². The maximum Gasteiger partial charge on any atom is 0.274 e. The Kier molecular flexibility index (Phi) is 5.27. The molecule has 3 aliphatic heterocycles.